The number of aromatic amines is 1. The number of carbonyl (C=O) groups is 1. The van der Waals surface area contributed by atoms with Gasteiger partial charge in [-0.3, -0.25) is 4.79 Å². The zero-order chi connectivity index (χ0) is 15.7. The third-order valence-corrected chi connectivity index (χ3v) is 5.11. The Labute approximate surface area is 158 Å². The van der Waals surface area contributed by atoms with Crippen molar-refractivity contribution in [3.05, 3.63) is 28.3 Å². The van der Waals surface area contributed by atoms with E-state index in [0.717, 1.165) is 35.7 Å². The molecule has 24 heavy (non-hydrogen) atoms. The van der Waals surface area contributed by atoms with Crippen LogP contribution in [0.1, 0.15) is 35.3 Å². The van der Waals surface area contributed by atoms with Crippen molar-refractivity contribution in [1.29, 1.82) is 0 Å². The second-order valence-electron chi connectivity index (χ2n) is 6.07. The van der Waals surface area contributed by atoms with Crippen LogP contribution in [-0.4, -0.2) is 39.9 Å². The number of hydrogen-bond donors (Lipinski definition) is 2. The summed E-state index contributed by atoms with van der Waals surface area (Å²) in [6.45, 7) is 5.51. The minimum atomic E-state index is 0. The highest BCUT2D eigenvalue weighted by Gasteiger charge is 2.30. The van der Waals surface area contributed by atoms with Gasteiger partial charge < -0.3 is 15.6 Å². The van der Waals surface area contributed by atoms with E-state index < -0.39 is 0 Å². The number of aromatic nitrogens is 2. The zero-order valence-corrected chi connectivity index (χ0v) is 16.3. The molecule has 0 spiro atoms. The van der Waals surface area contributed by atoms with Gasteiger partial charge in [-0.25, -0.2) is 4.98 Å². The average molecular weight is 391 g/mol. The van der Waals surface area contributed by atoms with E-state index in [1.165, 1.54) is 0 Å². The summed E-state index contributed by atoms with van der Waals surface area (Å²) in [6.07, 6.45) is 3.88. The molecule has 5 nitrogen and oxygen atoms in total. The molecule has 134 valence electrons. The number of thiazole rings is 1. The van der Waals surface area contributed by atoms with E-state index in [4.69, 9.17) is 5.73 Å². The van der Waals surface area contributed by atoms with Gasteiger partial charge >= 0.3 is 0 Å². The minimum Gasteiger partial charge on any atom is -0.357 e. The summed E-state index contributed by atoms with van der Waals surface area (Å²) in [4.78, 5) is 22.2. The molecule has 1 saturated heterocycles. The third-order valence-electron chi connectivity index (χ3n) is 4.34. The van der Waals surface area contributed by atoms with E-state index in [2.05, 4.69) is 16.9 Å². The maximum atomic E-state index is 12.7. The summed E-state index contributed by atoms with van der Waals surface area (Å²) in [5, 5.41) is 3.04. The van der Waals surface area contributed by atoms with Crippen LogP contribution in [0.4, 0.5) is 0 Å². The Hall–Kier alpha value is -1.08. The highest BCUT2D eigenvalue weighted by molar-refractivity contribution is 7.09. The molecular formula is C16H24Cl2N4OS. The molecule has 0 aromatic carbocycles. The molecule has 1 aliphatic rings. The van der Waals surface area contributed by atoms with Crippen molar-refractivity contribution in [1.82, 2.24) is 14.9 Å². The maximum absolute atomic E-state index is 12.7. The Morgan fingerprint density at radius 2 is 2.25 bits per heavy atom. The first-order valence-electron chi connectivity index (χ1n) is 7.70. The van der Waals surface area contributed by atoms with Crippen molar-refractivity contribution < 1.29 is 4.79 Å². The van der Waals surface area contributed by atoms with Gasteiger partial charge in [0, 0.05) is 36.3 Å². The molecule has 0 aliphatic carbocycles. The zero-order valence-electron chi connectivity index (χ0n) is 13.8. The van der Waals surface area contributed by atoms with E-state index in [-0.39, 0.29) is 36.8 Å². The largest absolute Gasteiger partial charge is 0.357 e. The predicted molar refractivity (Wildman–Crippen MR) is 103 cm³/mol. The average Bonchev–Trinajstić information content (AvgIpc) is 3.15. The van der Waals surface area contributed by atoms with Crippen molar-refractivity contribution >= 4 is 42.1 Å². The van der Waals surface area contributed by atoms with Gasteiger partial charge in [0.2, 0.25) is 0 Å². The number of aryl methyl sites for hydroxylation is 1. The predicted octanol–water partition coefficient (Wildman–Crippen LogP) is 3.49. The molecule has 8 heteroatoms. The molecule has 1 aliphatic heterocycles. The fourth-order valence-electron chi connectivity index (χ4n) is 3.06. The topological polar surface area (TPSA) is 75.0 Å². The number of piperidine rings is 1. The number of nitrogens with zero attached hydrogens (tertiary/aromatic N) is 2. The summed E-state index contributed by atoms with van der Waals surface area (Å²) in [5.41, 5.74) is 8.35. The number of nitrogens with one attached hydrogen (secondary N) is 1. The Bertz CT molecular complexity index is 673. The van der Waals surface area contributed by atoms with Crippen molar-refractivity contribution in [3.8, 4) is 11.3 Å². The number of halogens is 2. The van der Waals surface area contributed by atoms with Gasteiger partial charge in [0.1, 0.15) is 5.69 Å². The monoisotopic (exact) mass is 390 g/mol. The lowest BCUT2D eigenvalue weighted by molar-refractivity contribution is 0.0568. The number of nitrogens with two attached hydrogens (primary N) is 1. The van der Waals surface area contributed by atoms with Crippen LogP contribution in [0.2, 0.25) is 0 Å². The van der Waals surface area contributed by atoms with Crippen LogP contribution < -0.4 is 5.73 Å². The van der Waals surface area contributed by atoms with Crippen LogP contribution in [0.3, 0.4) is 0 Å². The number of amides is 1. The molecular weight excluding hydrogens is 367 g/mol. The summed E-state index contributed by atoms with van der Waals surface area (Å²) in [5.74, 6) is 0.676. The number of hydrogen-bond acceptors (Lipinski definition) is 4. The first kappa shape index (κ1) is 21.0. The second kappa shape index (κ2) is 8.85. The molecule has 1 fully saturated rings. The van der Waals surface area contributed by atoms with E-state index >= 15 is 0 Å². The molecule has 0 radical (unpaired) electrons. The van der Waals surface area contributed by atoms with Gasteiger partial charge in [-0.2, -0.15) is 0 Å². The fraction of sp³-hybridized carbons (Fsp3) is 0.500. The molecule has 2 unspecified atom stereocenters. The highest BCUT2D eigenvalue weighted by atomic mass is 35.5. The molecule has 3 heterocycles. The molecule has 2 aromatic heterocycles. The fourth-order valence-corrected chi connectivity index (χ4v) is 3.68. The number of rotatable bonds is 3. The standard InChI is InChI=1S/C16H22N4OS.2ClH/c1-10-3-4-20(13(5-10)7-17)16(21)14-6-12(8-18-14)15-9-22-11(2)19-15;;/h6,8-10,13,18H,3-5,7,17H2,1-2H3;2*1H. The van der Waals surface area contributed by atoms with Crippen LogP contribution in [0.5, 0.6) is 0 Å². The normalized spacial score (nSPS) is 20.2. The molecule has 2 aromatic rings. The first-order chi connectivity index (χ1) is 10.6. The lowest BCUT2D eigenvalue weighted by Gasteiger charge is -2.37. The Morgan fingerprint density at radius 3 is 2.88 bits per heavy atom. The number of H-pyrrole nitrogens is 1. The second-order valence-corrected chi connectivity index (χ2v) is 7.13. The van der Waals surface area contributed by atoms with Gasteiger partial charge in [0.05, 0.1) is 10.7 Å². The number of likely N-dealkylation sites (tertiary alicyclic amines) is 1. The Kier molecular flexibility index (Phi) is 7.73. The molecule has 3 N–H and O–H groups in total. The van der Waals surface area contributed by atoms with Crippen LogP contribution in [0.15, 0.2) is 17.6 Å². The maximum Gasteiger partial charge on any atom is 0.270 e. The van der Waals surface area contributed by atoms with E-state index in [1.807, 2.05) is 29.5 Å². The quantitative estimate of drug-likeness (QED) is 0.841. The summed E-state index contributed by atoms with van der Waals surface area (Å²) >= 11 is 1.61. The molecule has 0 bridgehead atoms. The molecule has 2 atom stereocenters. The smallest absolute Gasteiger partial charge is 0.270 e. The minimum absolute atomic E-state index is 0. The lowest BCUT2D eigenvalue weighted by Crippen LogP contribution is -2.49. The van der Waals surface area contributed by atoms with Gasteiger partial charge in [0.15, 0.2) is 0 Å². The lowest BCUT2D eigenvalue weighted by atomic mass is 9.92. The summed E-state index contributed by atoms with van der Waals surface area (Å²) < 4.78 is 0. The summed E-state index contributed by atoms with van der Waals surface area (Å²) in [7, 11) is 0. The van der Waals surface area contributed by atoms with Crippen molar-refractivity contribution in [2.45, 2.75) is 32.7 Å². The van der Waals surface area contributed by atoms with E-state index in [0.29, 0.717) is 18.2 Å². The summed E-state index contributed by atoms with van der Waals surface area (Å²) in [6, 6.07) is 2.03. The van der Waals surface area contributed by atoms with Gasteiger partial charge in [-0.15, -0.1) is 36.2 Å². The van der Waals surface area contributed by atoms with Crippen molar-refractivity contribution in [3.63, 3.8) is 0 Å². The van der Waals surface area contributed by atoms with Gasteiger partial charge in [-0.1, -0.05) is 6.92 Å². The SMILES string of the molecule is Cc1nc(-c2c[nH]c(C(=O)N3CCC(C)CC3CN)c2)cs1.Cl.Cl. The van der Waals surface area contributed by atoms with Crippen molar-refractivity contribution in [2.75, 3.05) is 13.1 Å². The molecule has 0 saturated carbocycles. The van der Waals surface area contributed by atoms with Crippen LogP contribution >= 0.6 is 36.2 Å². The van der Waals surface area contributed by atoms with E-state index in [1.54, 1.807) is 11.3 Å². The molecule has 3 rings (SSSR count). The van der Waals surface area contributed by atoms with Crippen LogP contribution in [-0.2, 0) is 0 Å². The first-order valence-corrected chi connectivity index (χ1v) is 8.58. The van der Waals surface area contributed by atoms with Crippen LogP contribution in [0.25, 0.3) is 11.3 Å². The van der Waals surface area contributed by atoms with Crippen molar-refractivity contribution in [2.24, 2.45) is 11.7 Å². The van der Waals surface area contributed by atoms with Gasteiger partial charge in [0.25, 0.3) is 5.91 Å². The van der Waals surface area contributed by atoms with Gasteiger partial charge in [-0.05, 0) is 31.7 Å². The number of carbonyl (C=O) groups excluding carboxylic acids is 1. The Balaban J connectivity index is 0.00000144. The molecule has 1 amide bonds. The Morgan fingerprint density at radius 1 is 1.50 bits per heavy atom. The highest BCUT2D eigenvalue weighted by Crippen LogP contribution is 2.26. The van der Waals surface area contributed by atoms with Crippen LogP contribution in [0, 0.1) is 12.8 Å². The third kappa shape index (κ3) is 4.30. The van der Waals surface area contributed by atoms with E-state index in [9.17, 15) is 4.79 Å².